The van der Waals surface area contributed by atoms with Gasteiger partial charge in [-0.2, -0.15) is 9.40 Å². The van der Waals surface area contributed by atoms with E-state index in [1.54, 1.807) is 17.8 Å². The molecule has 0 unspecified atom stereocenters. The van der Waals surface area contributed by atoms with Gasteiger partial charge in [0.2, 0.25) is 10.0 Å². The molecule has 136 valence electrons. The molecule has 0 saturated carbocycles. The standard InChI is InChI=1S/C20H23N3O2S/c1-16(2)23(14-18-10-6-4-7-11-18)26(24,25)20-15-22(21-17(20)3)19-12-8-5-9-13-19/h4-13,15-16H,14H2,1-3H3. The number of nitrogens with zero attached hydrogens (tertiary/aromatic N) is 3. The number of hydrogen-bond donors (Lipinski definition) is 0. The Bertz CT molecular complexity index is 965. The SMILES string of the molecule is Cc1nn(-c2ccccc2)cc1S(=O)(=O)N(Cc1ccccc1)C(C)C. The van der Waals surface area contributed by atoms with Crippen molar-refractivity contribution >= 4 is 10.0 Å². The molecule has 1 heterocycles. The molecule has 0 aliphatic rings. The van der Waals surface area contributed by atoms with E-state index >= 15 is 0 Å². The van der Waals surface area contributed by atoms with Crippen molar-refractivity contribution in [3.8, 4) is 5.69 Å². The summed E-state index contributed by atoms with van der Waals surface area (Å²) in [5.74, 6) is 0. The van der Waals surface area contributed by atoms with Gasteiger partial charge >= 0.3 is 0 Å². The van der Waals surface area contributed by atoms with Gasteiger partial charge in [0.15, 0.2) is 0 Å². The van der Waals surface area contributed by atoms with Crippen molar-refractivity contribution in [2.24, 2.45) is 0 Å². The molecule has 3 aromatic rings. The highest BCUT2D eigenvalue weighted by molar-refractivity contribution is 7.89. The number of hydrogen-bond acceptors (Lipinski definition) is 3. The normalized spacial score (nSPS) is 12.0. The van der Waals surface area contributed by atoms with E-state index in [2.05, 4.69) is 5.10 Å². The Morgan fingerprint density at radius 1 is 1.00 bits per heavy atom. The number of aromatic nitrogens is 2. The van der Waals surface area contributed by atoms with Crippen LogP contribution >= 0.6 is 0 Å². The summed E-state index contributed by atoms with van der Waals surface area (Å²) in [7, 11) is -3.67. The van der Waals surface area contributed by atoms with Gasteiger partial charge in [0.25, 0.3) is 0 Å². The molecular weight excluding hydrogens is 346 g/mol. The van der Waals surface area contributed by atoms with E-state index in [-0.39, 0.29) is 10.9 Å². The third-order valence-corrected chi connectivity index (χ3v) is 6.34. The topological polar surface area (TPSA) is 55.2 Å². The van der Waals surface area contributed by atoms with Gasteiger partial charge in [-0.3, -0.25) is 0 Å². The molecule has 0 aliphatic heterocycles. The minimum atomic E-state index is -3.67. The molecule has 0 bridgehead atoms. The maximum Gasteiger partial charge on any atom is 0.247 e. The summed E-state index contributed by atoms with van der Waals surface area (Å²) >= 11 is 0. The van der Waals surface area contributed by atoms with Crippen LogP contribution in [0.1, 0.15) is 25.1 Å². The first-order chi connectivity index (χ1) is 12.4. The number of sulfonamides is 1. The average Bonchev–Trinajstić information content (AvgIpc) is 3.03. The van der Waals surface area contributed by atoms with Crippen molar-refractivity contribution in [1.82, 2.24) is 14.1 Å². The van der Waals surface area contributed by atoms with Crippen LogP contribution in [0.5, 0.6) is 0 Å². The van der Waals surface area contributed by atoms with Gasteiger partial charge in [0.05, 0.1) is 17.6 Å². The summed E-state index contributed by atoms with van der Waals surface area (Å²) < 4.78 is 29.8. The Labute approximate surface area is 154 Å². The van der Waals surface area contributed by atoms with Gasteiger partial charge in [-0.05, 0) is 38.5 Å². The van der Waals surface area contributed by atoms with Gasteiger partial charge < -0.3 is 0 Å². The maximum absolute atomic E-state index is 13.3. The van der Waals surface area contributed by atoms with Gasteiger partial charge in [-0.15, -0.1) is 0 Å². The Morgan fingerprint density at radius 2 is 1.58 bits per heavy atom. The van der Waals surface area contributed by atoms with Crippen LogP contribution in [0.2, 0.25) is 0 Å². The molecule has 26 heavy (non-hydrogen) atoms. The smallest absolute Gasteiger partial charge is 0.239 e. The summed E-state index contributed by atoms with van der Waals surface area (Å²) in [5, 5.41) is 4.41. The molecule has 0 atom stereocenters. The fraction of sp³-hybridized carbons (Fsp3) is 0.250. The van der Waals surface area contributed by atoms with Gasteiger partial charge in [-0.25, -0.2) is 13.1 Å². The van der Waals surface area contributed by atoms with Crippen molar-refractivity contribution in [2.75, 3.05) is 0 Å². The van der Waals surface area contributed by atoms with E-state index in [9.17, 15) is 8.42 Å². The predicted molar refractivity (Wildman–Crippen MR) is 103 cm³/mol. The zero-order valence-electron chi connectivity index (χ0n) is 15.2. The predicted octanol–water partition coefficient (Wildman–Crippen LogP) is 3.78. The molecule has 0 amide bonds. The first kappa shape index (κ1) is 18.4. The third-order valence-electron chi connectivity index (χ3n) is 4.22. The number of para-hydroxylation sites is 1. The average molecular weight is 369 g/mol. The monoisotopic (exact) mass is 369 g/mol. The molecule has 0 saturated heterocycles. The zero-order chi connectivity index (χ0) is 18.7. The summed E-state index contributed by atoms with van der Waals surface area (Å²) in [4.78, 5) is 0.242. The molecule has 5 nitrogen and oxygen atoms in total. The molecule has 6 heteroatoms. The maximum atomic E-state index is 13.3. The van der Waals surface area contributed by atoms with Crippen molar-refractivity contribution < 1.29 is 8.42 Å². The van der Waals surface area contributed by atoms with Gasteiger partial charge in [0, 0.05) is 12.6 Å². The van der Waals surface area contributed by atoms with Crippen LogP contribution in [0.15, 0.2) is 71.8 Å². The molecule has 0 N–H and O–H groups in total. The Kier molecular flexibility index (Phi) is 5.25. The molecule has 1 aromatic heterocycles. The minimum Gasteiger partial charge on any atom is -0.239 e. The lowest BCUT2D eigenvalue weighted by atomic mass is 10.2. The second-order valence-corrected chi connectivity index (χ2v) is 8.35. The quantitative estimate of drug-likeness (QED) is 0.664. The van der Waals surface area contributed by atoms with Crippen LogP contribution in [0.4, 0.5) is 0 Å². The first-order valence-electron chi connectivity index (χ1n) is 8.57. The highest BCUT2D eigenvalue weighted by atomic mass is 32.2. The summed E-state index contributed by atoms with van der Waals surface area (Å²) in [6, 6.07) is 19.0. The van der Waals surface area contributed by atoms with Crippen LogP contribution < -0.4 is 0 Å². The van der Waals surface area contributed by atoms with E-state index in [1.165, 1.54) is 4.31 Å². The first-order valence-corrected chi connectivity index (χ1v) is 10.0. The third kappa shape index (κ3) is 3.71. The van der Waals surface area contributed by atoms with E-state index in [0.29, 0.717) is 12.2 Å². The van der Waals surface area contributed by atoms with Crippen LogP contribution in [-0.2, 0) is 16.6 Å². The highest BCUT2D eigenvalue weighted by Crippen LogP contribution is 2.24. The fourth-order valence-electron chi connectivity index (χ4n) is 2.85. The van der Waals surface area contributed by atoms with E-state index < -0.39 is 10.0 Å². The highest BCUT2D eigenvalue weighted by Gasteiger charge is 2.30. The molecule has 0 fully saturated rings. The number of aryl methyl sites for hydroxylation is 1. The van der Waals surface area contributed by atoms with Crippen molar-refractivity contribution in [3.63, 3.8) is 0 Å². The van der Waals surface area contributed by atoms with Crippen LogP contribution in [0.3, 0.4) is 0 Å². The lowest BCUT2D eigenvalue weighted by molar-refractivity contribution is 0.348. The molecule has 0 spiro atoms. The lowest BCUT2D eigenvalue weighted by Gasteiger charge is -2.25. The second kappa shape index (κ2) is 7.43. The van der Waals surface area contributed by atoms with Crippen LogP contribution in [-0.4, -0.2) is 28.5 Å². The lowest BCUT2D eigenvalue weighted by Crippen LogP contribution is -2.36. The summed E-state index contributed by atoms with van der Waals surface area (Å²) in [6.45, 7) is 5.83. The largest absolute Gasteiger partial charge is 0.247 e. The minimum absolute atomic E-state index is 0.167. The van der Waals surface area contributed by atoms with Gasteiger partial charge in [0.1, 0.15) is 4.90 Å². The zero-order valence-corrected chi connectivity index (χ0v) is 16.0. The Balaban J connectivity index is 1.99. The van der Waals surface area contributed by atoms with E-state index in [4.69, 9.17) is 0 Å². The van der Waals surface area contributed by atoms with Crippen molar-refractivity contribution in [2.45, 2.75) is 38.3 Å². The summed E-state index contributed by atoms with van der Waals surface area (Å²) in [6.07, 6.45) is 1.60. The summed E-state index contributed by atoms with van der Waals surface area (Å²) in [5.41, 5.74) is 2.28. The van der Waals surface area contributed by atoms with Crippen molar-refractivity contribution in [1.29, 1.82) is 0 Å². The van der Waals surface area contributed by atoms with Crippen LogP contribution in [0, 0.1) is 6.92 Å². The number of rotatable bonds is 6. The van der Waals surface area contributed by atoms with Gasteiger partial charge in [-0.1, -0.05) is 48.5 Å². The second-order valence-electron chi connectivity index (χ2n) is 6.49. The van der Waals surface area contributed by atoms with Crippen molar-refractivity contribution in [3.05, 3.63) is 78.1 Å². The van der Waals surface area contributed by atoms with E-state index in [0.717, 1.165) is 11.3 Å². The number of benzene rings is 2. The molecule has 0 aliphatic carbocycles. The Hall–Kier alpha value is -2.44. The molecule has 3 rings (SSSR count). The Morgan fingerprint density at radius 3 is 2.15 bits per heavy atom. The molecule has 2 aromatic carbocycles. The molecule has 0 radical (unpaired) electrons. The van der Waals surface area contributed by atoms with Crippen LogP contribution in [0.25, 0.3) is 5.69 Å². The fourth-order valence-corrected chi connectivity index (χ4v) is 4.62. The van der Waals surface area contributed by atoms with E-state index in [1.807, 2.05) is 74.5 Å². The molecular formula is C20H23N3O2S.